The van der Waals surface area contributed by atoms with Crippen molar-refractivity contribution in [1.82, 2.24) is 14.5 Å². The maximum atomic E-state index is 4.15. The molecule has 76 valence electrons. The van der Waals surface area contributed by atoms with Crippen LogP contribution in [0.2, 0.25) is 0 Å². The Morgan fingerprint density at radius 2 is 2.21 bits per heavy atom. The molecular formula is C9H12BrN3S. The topological polar surface area (TPSA) is 30.7 Å². The first kappa shape index (κ1) is 11.4. The van der Waals surface area contributed by atoms with Gasteiger partial charge in [0.1, 0.15) is 6.33 Å². The SMILES string of the molecule is Brc1cnc(-n2ccnc2)s1.CCC. The van der Waals surface area contributed by atoms with Crippen LogP contribution >= 0.6 is 27.3 Å². The standard InChI is InChI=1S/C6H4BrN3S.C3H8/c7-5-3-9-6(11-5)10-2-1-8-4-10;1-3-2/h1-4H;3H2,1-2H3. The molecule has 0 fully saturated rings. The summed E-state index contributed by atoms with van der Waals surface area (Å²) in [4.78, 5) is 8.07. The Morgan fingerprint density at radius 1 is 1.50 bits per heavy atom. The van der Waals surface area contributed by atoms with Gasteiger partial charge in [0.05, 0.1) is 9.98 Å². The van der Waals surface area contributed by atoms with E-state index in [2.05, 4.69) is 39.7 Å². The second-order valence-corrected chi connectivity index (χ2v) is 5.01. The fraction of sp³-hybridized carbons (Fsp3) is 0.333. The summed E-state index contributed by atoms with van der Waals surface area (Å²) in [7, 11) is 0. The molecule has 2 aromatic rings. The van der Waals surface area contributed by atoms with Gasteiger partial charge in [-0.3, -0.25) is 4.57 Å². The van der Waals surface area contributed by atoms with Crippen LogP contribution in [0.3, 0.4) is 0 Å². The number of nitrogens with zero attached hydrogens (tertiary/aromatic N) is 3. The van der Waals surface area contributed by atoms with Gasteiger partial charge in [0, 0.05) is 12.4 Å². The molecule has 2 heterocycles. The van der Waals surface area contributed by atoms with Crippen LogP contribution in [0.4, 0.5) is 0 Å². The average Bonchev–Trinajstić information content (AvgIpc) is 2.74. The van der Waals surface area contributed by atoms with Crippen molar-refractivity contribution < 1.29 is 0 Å². The Balaban J connectivity index is 0.000000293. The van der Waals surface area contributed by atoms with Crippen LogP contribution < -0.4 is 0 Å². The van der Waals surface area contributed by atoms with Gasteiger partial charge in [0.2, 0.25) is 0 Å². The normalized spacial score (nSPS) is 9.36. The highest BCUT2D eigenvalue weighted by atomic mass is 79.9. The summed E-state index contributed by atoms with van der Waals surface area (Å²) in [6, 6.07) is 0. The van der Waals surface area contributed by atoms with Gasteiger partial charge in [-0.05, 0) is 15.9 Å². The molecule has 14 heavy (non-hydrogen) atoms. The molecule has 2 aromatic heterocycles. The predicted molar refractivity (Wildman–Crippen MR) is 62.9 cm³/mol. The van der Waals surface area contributed by atoms with Crippen molar-refractivity contribution >= 4 is 27.3 Å². The molecule has 0 radical (unpaired) electrons. The highest BCUT2D eigenvalue weighted by molar-refractivity contribution is 9.11. The molecule has 0 spiro atoms. The van der Waals surface area contributed by atoms with Gasteiger partial charge < -0.3 is 0 Å². The molecule has 0 saturated heterocycles. The summed E-state index contributed by atoms with van der Waals surface area (Å²) in [5.74, 6) is 0. The summed E-state index contributed by atoms with van der Waals surface area (Å²) < 4.78 is 2.90. The Bertz CT molecular complexity index is 356. The maximum absolute atomic E-state index is 4.15. The molecule has 0 atom stereocenters. The van der Waals surface area contributed by atoms with E-state index < -0.39 is 0 Å². The lowest BCUT2D eigenvalue weighted by Crippen LogP contribution is -1.85. The monoisotopic (exact) mass is 273 g/mol. The van der Waals surface area contributed by atoms with E-state index in [0.29, 0.717) is 0 Å². The lowest BCUT2D eigenvalue weighted by atomic mass is 10.6. The number of rotatable bonds is 1. The molecule has 5 heteroatoms. The Hall–Kier alpha value is -0.680. The molecule has 0 saturated carbocycles. The smallest absolute Gasteiger partial charge is 0.195 e. The number of hydrogen-bond acceptors (Lipinski definition) is 3. The highest BCUT2D eigenvalue weighted by Crippen LogP contribution is 2.21. The van der Waals surface area contributed by atoms with Gasteiger partial charge in [0.25, 0.3) is 0 Å². The van der Waals surface area contributed by atoms with E-state index in [0.717, 1.165) is 8.92 Å². The van der Waals surface area contributed by atoms with Crippen LogP contribution in [-0.2, 0) is 0 Å². The largest absolute Gasteiger partial charge is 0.282 e. The van der Waals surface area contributed by atoms with Crippen LogP contribution in [-0.4, -0.2) is 14.5 Å². The van der Waals surface area contributed by atoms with Crippen molar-refractivity contribution in [3.05, 3.63) is 28.7 Å². The number of imidazole rings is 1. The van der Waals surface area contributed by atoms with E-state index in [-0.39, 0.29) is 0 Å². The van der Waals surface area contributed by atoms with Gasteiger partial charge in [-0.2, -0.15) is 0 Å². The number of thiazole rings is 1. The van der Waals surface area contributed by atoms with Crippen molar-refractivity contribution in [3.8, 4) is 5.13 Å². The molecule has 0 aromatic carbocycles. The van der Waals surface area contributed by atoms with E-state index in [9.17, 15) is 0 Å². The zero-order valence-electron chi connectivity index (χ0n) is 8.14. The first-order valence-corrected chi connectivity index (χ1v) is 5.98. The summed E-state index contributed by atoms with van der Waals surface area (Å²) in [5.41, 5.74) is 0. The van der Waals surface area contributed by atoms with E-state index in [1.165, 1.54) is 6.42 Å². The quantitative estimate of drug-likeness (QED) is 0.796. The van der Waals surface area contributed by atoms with Crippen molar-refractivity contribution in [2.24, 2.45) is 0 Å². The molecule has 0 bridgehead atoms. The molecule has 3 nitrogen and oxygen atoms in total. The van der Waals surface area contributed by atoms with Gasteiger partial charge in [-0.15, -0.1) is 0 Å². The summed E-state index contributed by atoms with van der Waals surface area (Å²) >= 11 is 4.91. The Labute approximate surface area is 96.0 Å². The van der Waals surface area contributed by atoms with Crippen molar-refractivity contribution in [2.45, 2.75) is 20.3 Å². The zero-order chi connectivity index (χ0) is 10.4. The molecule has 2 rings (SSSR count). The maximum Gasteiger partial charge on any atom is 0.195 e. The molecule has 0 unspecified atom stereocenters. The van der Waals surface area contributed by atoms with Crippen LogP contribution in [0.1, 0.15) is 20.3 Å². The van der Waals surface area contributed by atoms with E-state index in [1.54, 1.807) is 30.1 Å². The second-order valence-electron chi connectivity index (χ2n) is 2.62. The summed E-state index contributed by atoms with van der Waals surface area (Å²) in [6.45, 7) is 4.25. The first-order chi connectivity index (χ1) is 6.77. The zero-order valence-corrected chi connectivity index (χ0v) is 10.5. The second kappa shape index (κ2) is 5.93. The minimum absolute atomic E-state index is 0.925. The highest BCUT2D eigenvalue weighted by Gasteiger charge is 1.99. The first-order valence-electron chi connectivity index (χ1n) is 4.37. The Morgan fingerprint density at radius 3 is 2.64 bits per heavy atom. The summed E-state index contributed by atoms with van der Waals surface area (Å²) in [6.07, 6.45) is 8.35. The van der Waals surface area contributed by atoms with Gasteiger partial charge >= 0.3 is 0 Å². The van der Waals surface area contributed by atoms with Gasteiger partial charge in [-0.1, -0.05) is 31.6 Å². The Kier molecular flexibility index (Phi) is 4.82. The minimum Gasteiger partial charge on any atom is -0.282 e. The van der Waals surface area contributed by atoms with E-state index >= 15 is 0 Å². The predicted octanol–water partition coefficient (Wildman–Crippen LogP) is 3.51. The van der Waals surface area contributed by atoms with E-state index in [4.69, 9.17) is 0 Å². The third-order valence-electron chi connectivity index (χ3n) is 1.19. The fourth-order valence-corrected chi connectivity index (χ4v) is 1.87. The van der Waals surface area contributed by atoms with Crippen LogP contribution in [0.5, 0.6) is 0 Å². The molecule has 0 amide bonds. The molecule has 0 aliphatic heterocycles. The van der Waals surface area contributed by atoms with E-state index in [1.807, 2.05) is 10.8 Å². The third-order valence-corrected chi connectivity index (χ3v) is 2.68. The molecule has 0 N–H and O–H groups in total. The average molecular weight is 274 g/mol. The van der Waals surface area contributed by atoms with Crippen LogP contribution in [0.15, 0.2) is 28.7 Å². The number of halogens is 1. The summed E-state index contributed by atoms with van der Waals surface area (Å²) in [5, 5.41) is 0.925. The lowest BCUT2D eigenvalue weighted by molar-refractivity contribution is 1.03. The van der Waals surface area contributed by atoms with Gasteiger partial charge in [0.15, 0.2) is 5.13 Å². The van der Waals surface area contributed by atoms with Crippen molar-refractivity contribution in [1.29, 1.82) is 0 Å². The van der Waals surface area contributed by atoms with Crippen LogP contribution in [0.25, 0.3) is 5.13 Å². The van der Waals surface area contributed by atoms with Gasteiger partial charge in [-0.25, -0.2) is 9.97 Å². The third kappa shape index (κ3) is 3.23. The molecule has 0 aliphatic rings. The fourth-order valence-electron chi connectivity index (χ4n) is 0.738. The number of hydrogen-bond donors (Lipinski definition) is 0. The van der Waals surface area contributed by atoms with Crippen molar-refractivity contribution in [2.75, 3.05) is 0 Å². The molecule has 0 aliphatic carbocycles. The van der Waals surface area contributed by atoms with Crippen LogP contribution in [0, 0.1) is 0 Å². The number of aromatic nitrogens is 3. The lowest BCUT2D eigenvalue weighted by Gasteiger charge is -1.90. The molecular weight excluding hydrogens is 262 g/mol. The van der Waals surface area contributed by atoms with Crippen molar-refractivity contribution in [3.63, 3.8) is 0 Å². The minimum atomic E-state index is 0.925.